The lowest BCUT2D eigenvalue weighted by Crippen LogP contribution is -2.42. The Morgan fingerprint density at radius 1 is 1.00 bits per heavy atom. The summed E-state index contributed by atoms with van der Waals surface area (Å²) < 4.78 is 6.70. The molecule has 2 unspecified atom stereocenters. The van der Waals surface area contributed by atoms with Gasteiger partial charge in [0.2, 0.25) is 11.8 Å². The van der Waals surface area contributed by atoms with E-state index in [4.69, 9.17) is 4.42 Å². The summed E-state index contributed by atoms with van der Waals surface area (Å²) in [7, 11) is 0. The zero-order valence-corrected chi connectivity index (χ0v) is 15.5. The first-order chi connectivity index (χ1) is 12.7. The molecule has 0 amide bonds. The van der Waals surface area contributed by atoms with E-state index in [0.717, 1.165) is 36.3 Å². The average Bonchev–Trinajstić information content (AvgIpc) is 3.32. The molecule has 0 N–H and O–H groups in total. The first kappa shape index (κ1) is 17.0. The summed E-state index contributed by atoms with van der Waals surface area (Å²) in [5, 5.41) is 8.39. The highest BCUT2D eigenvalue weighted by Crippen LogP contribution is 2.45. The summed E-state index contributed by atoms with van der Waals surface area (Å²) in [5.41, 5.74) is 2.72. The normalized spacial score (nSPS) is 20.2. The van der Waals surface area contributed by atoms with Crippen LogP contribution in [0, 0.1) is 12.8 Å². The number of hydrogen-bond acceptors (Lipinski definition) is 3. The Labute approximate surface area is 155 Å². The third-order valence-corrected chi connectivity index (χ3v) is 5.80. The van der Waals surface area contributed by atoms with Crippen molar-refractivity contribution >= 4 is 11.4 Å². The quantitative estimate of drug-likeness (QED) is 0.593. The smallest absolute Gasteiger partial charge is 0.220 e. The Kier molecular flexibility index (Phi) is 4.60. The van der Waals surface area contributed by atoms with E-state index in [1.165, 1.54) is 11.4 Å². The molecule has 0 saturated carbocycles. The molecule has 2 aromatic carbocycles. The number of benzene rings is 2. The van der Waals surface area contributed by atoms with Gasteiger partial charge in [-0.1, -0.05) is 43.3 Å². The molecule has 0 spiro atoms. The third kappa shape index (κ3) is 2.95. The molecule has 3 aromatic rings. The second-order valence-electron chi connectivity index (χ2n) is 7.27. The summed E-state index contributed by atoms with van der Waals surface area (Å²) >= 11 is 0. The summed E-state index contributed by atoms with van der Waals surface area (Å²) in [6.45, 7) is 6.25. The van der Waals surface area contributed by atoms with Crippen molar-refractivity contribution < 1.29 is 4.42 Å². The van der Waals surface area contributed by atoms with Crippen LogP contribution in [0.4, 0.5) is 11.4 Å². The van der Waals surface area contributed by atoms with Crippen molar-refractivity contribution in [1.29, 1.82) is 0 Å². The van der Waals surface area contributed by atoms with Crippen LogP contribution in [0.1, 0.15) is 37.5 Å². The van der Waals surface area contributed by atoms with Gasteiger partial charge >= 0.3 is 0 Å². The zero-order valence-electron chi connectivity index (χ0n) is 15.5. The van der Waals surface area contributed by atoms with Gasteiger partial charge in [-0.3, -0.25) is 4.48 Å². The standard InChI is InChI=1S/C22H26N3O/c1-3-21(22-24-23-17(2)26-22)18-14-15-25(16-18,19-10-6-4-7-11-19)20-12-8-5-9-13-20/h4-13,18,21H,3,14-16H2,1-2H3/q+1. The van der Waals surface area contributed by atoms with Crippen molar-refractivity contribution in [3.63, 3.8) is 0 Å². The summed E-state index contributed by atoms with van der Waals surface area (Å²) in [5.74, 6) is 2.31. The minimum Gasteiger partial charge on any atom is -0.425 e. The van der Waals surface area contributed by atoms with Crippen LogP contribution in [0.3, 0.4) is 0 Å². The summed E-state index contributed by atoms with van der Waals surface area (Å²) in [6.07, 6.45) is 2.18. The first-order valence-corrected chi connectivity index (χ1v) is 9.51. The number of quaternary nitrogens is 1. The molecular weight excluding hydrogens is 322 g/mol. The number of aromatic nitrogens is 2. The minimum absolute atomic E-state index is 0.323. The van der Waals surface area contributed by atoms with Gasteiger partial charge in [-0.2, -0.15) is 0 Å². The van der Waals surface area contributed by atoms with Crippen LogP contribution in [0.5, 0.6) is 0 Å². The maximum absolute atomic E-state index is 5.80. The number of hydrogen-bond donors (Lipinski definition) is 0. The largest absolute Gasteiger partial charge is 0.425 e. The SMILES string of the molecule is CCC(c1nnc(C)o1)C1CC[N+](c2ccccc2)(c2ccccc2)C1. The molecule has 1 aliphatic heterocycles. The Morgan fingerprint density at radius 2 is 1.62 bits per heavy atom. The van der Waals surface area contributed by atoms with Gasteiger partial charge in [0.1, 0.15) is 11.4 Å². The van der Waals surface area contributed by atoms with Gasteiger partial charge in [0.05, 0.1) is 13.1 Å². The van der Waals surface area contributed by atoms with Crippen LogP contribution < -0.4 is 4.48 Å². The van der Waals surface area contributed by atoms with E-state index in [9.17, 15) is 0 Å². The van der Waals surface area contributed by atoms with E-state index in [1.807, 2.05) is 6.92 Å². The maximum atomic E-state index is 5.80. The molecule has 1 saturated heterocycles. The van der Waals surface area contributed by atoms with Crippen LogP contribution in [-0.4, -0.2) is 23.3 Å². The zero-order chi connectivity index (χ0) is 18.0. The molecule has 0 radical (unpaired) electrons. The fourth-order valence-corrected chi connectivity index (χ4v) is 4.51. The average molecular weight is 348 g/mol. The lowest BCUT2D eigenvalue weighted by Gasteiger charge is -2.34. The number of para-hydroxylation sites is 2. The number of aryl methyl sites for hydroxylation is 1. The van der Waals surface area contributed by atoms with Gasteiger partial charge in [-0.25, -0.2) is 0 Å². The lowest BCUT2D eigenvalue weighted by molar-refractivity contribution is 0.332. The second-order valence-corrected chi connectivity index (χ2v) is 7.27. The molecule has 0 bridgehead atoms. The number of nitrogens with zero attached hydrogens (tertiary/aromatic N) is 3. The van der Waals surface area contributed by atoms with Crippen molar-refractivity contribution in [3.8, 4) is 0 Å². The van der Waals surface area contributed by atoms with E-state index in [2.05, 4.69) is 77.8 Å². The van der Waals surface area contributed by atoms with Gasteiger partial charge in [0, 0.05) is 25.2 Å². The lowest BCUT2D eigenvalue weighted by atomic mass is 9.89. The Morgan fingerprint density at radius 3 is 2.12 bits per heavy atom. The van der Waals surface area contributed by atoms with Crippen molar-refractivity contribution in [2.45, 2.75) is 32.6 Å². The molecule has 1 fully saturated rings. The van der Waals surface area contributed by atoms with E-state index >= 15 is 0 Å². The van der Waals surface area contributed by atoms with Gasteiger partial charge in [-0.05, 0) is 30.7 Å². The Hall–Kier alpha value is -2.46. The maximum Gasteiger partial charge on any atom is 0.220 e. The van der Waals surface area contributed by atoms with Crippen LogP contribution in [0.25, 0.3) is 0 Å². The Balaban J connectivity index is 1.71. The molecular formula is C22H26N3O+. The molecule has 2 heterocycles. The molecule has 1 aliphatic rings. The molecule has 26 heavy (non-hydrogen) atoms. The molecule has 4 heteroatoms. The highest BCUT2D eigenvalue weighted by Gasteiger charge is 2.45. The summed E-state index contributed by atoms with van der Waals surface area (Å²) in [6, 6.07) is 21.8. The molecule has 4 rings (SSSR count). The highest BCUT2D eigenvalue weighted by atomic mass is 16.4. The first-order valence-electron chi connectivity index (χ1n) is 9.51. The monoisotopic (exact) mass is 348 g/mol. The topological polar surface area (TPSA) is 38.9 Å². The highest BCUT2D eigenvalue weighted by molar-refractivity contribution is 5.59. The van der Waals surface area contributed by atoms with E-state index < -0.39 is 0 Å². The van der Waals surface area contributed by atoms with E-state index in [1.54, 1.807) is 0 Å². The fourth-order valence-electron chi connectivity index (χ4n) is 4.51. The van der Waals surface area contributed by atoms with Crippen LogP contribution in [-0.2, 0) is 0 Å². The van der Waals surface area contributed by atoms with Gasteiger partial charge in [0.15, 0.2) is 0 Å². The Bertz CT molecular complexity index is 805. The second kappa shape index (κ2) is 7.04. The van der Waals surface area contributed by atoms with Crippen molar-refractivity contribution in [2.24, 2.45) is 5.92 Å². The van der Waals surface area contributed by atoms with Crippen molar-refractivity contribution in [2.75, 3.05) is 13.1 Å². The van der Waals surface area contributed by atoms with E-state index in [0.29, 0.717) is 17.7 Å². The third-order valence-electron chi connectivity index (χ3n) is 5.80. The van der Waals surface area contributed by atoms with Crippen LogP contribution >= 0.6 is 0 Å². The van der Waals surface area contributed by atoms with Crippen LogP contribution in [0.2, 0.25) is 0 Å². The predicted octanol–water partition coefficient (Wildman–Crippen LogP) is 5.23. The molecule has 4 nitrogen and oxygen atoms in total. The number of rotatable bonds is 5. The fraction of sp³-hybridized carbons (Fsp3) is 0.364. The van der Waals surface area contributed by atoms with E-state index in [-0.39, 0.29) is 0 Å². The van der Waals surface area contributed by atoms with Gasteiger partial charge < -0.3 is 4.42 Å². The molecule has 0 aliphatic carbocycles. The van der Waals surface area contributed by atoms with Crippen molar-refractivity contribution in [3.05, 3.63) is 72.4 Å². The predicted molar refractivity (Wildman–Crippen MR) is 104 cm³/mol. The van der Waals surface area contributed by atoms with Crippen molar-refractivity contribution in [1.82, 2.24) is 14.7 Å². The van der Waals surface area contributed by atoms with Crippen LogP contribution in [0.15, 0.2) is 65.1 Å². The summed E-state index contributed by atoms with van der Waals surface area (Å²) in [4.78, 5) is 0. The molecule has 1 aromatic heterocycles. The van der Waals surface area contributed by atoms with Gasteiger partial charge in [0.25, 0.3) is 0 Å². The van der Waals surface area contributed by atoms with Gasteiger partial charge in [-0.15, -0.1) is 10.2 Å². The minimum atomic E-state index is 0.323. The molecule has 2 atom stereocenters. The molecule has 134 valence electrons.